The van der Waals surface area contributed by atoms with E-state index in [1.54, 1.807) is 0 Å². The molecule has 0 aliphatic heterocycles. The summed E-state index contributed by atoms with van der Waals surface area (Å²) in [4.78, 5) is 0. The molecule has 4 unspecified atom stereocenters. The van der Waals surface area contributed by atoms with Gasteiger partial charge in [0.2, 0.25) is 0 Å². The predicted octanol–water partition coefficient (Wildman–Crippen LogP) is 1.55. The van der Waals surface area contributed by atoms with Crippen molar-refractivity contribution in [1.82, 2.24) is 0 Å². The van der Waals surface area contributed by atoms with Crippen LogP contribution in [0.1, 0.15) is 41.5 Å². The van der Waals surface area contributed by atoms with Crippen LogP contribution < -0.4 is 11.5 Å². The van der Waals surface area contributed by atoms with Crippen molar-refractivity contribution in [2.75, 3.05) is 39.6 Å². The molecular weight excluding hydrogens is 296 g/mol. The van der Waals surface area contributed by atoms with Crippen molar-refractivity contribution >= 4 is 0 Å². The summed E-state index contributed by atoms with van der Waals surface area (Å²) in [6.45, 7) is 15.5. The normalized spacial score (nSPS) is 17.7. The van der Waals surface area contributed by atoms with Gasteiger partial charge in [0.15, 0.2) is 0 Å². The van der Waals surface area contributed by atoms with Crippen LogP contribution in [-0.4, -0.2) is 63.9 Å². The number of rotatable bonds is 14. The van der Waals surface area contributed by atoms with Crippen molar-refractivity contribution in [2.45, 2.75) is 65.8 Å². The fourth-order valence-electron chi connectivity index (χ4n) is 1.77. The number of ether oxygens (including phenoxy) is 4. The molecule has 6 nitrogen and oxygen atoms in total. The molecule has 0 bridgehead atoms. The Balaban J connectivity index is 3.75. The Labute approximate surface area is 142 Å². The van der Waals surface area contributed by atoms with Gasteiger partial charge < -0.3 is 30.4 Å². The summed E-state index contributed by atoms with van der Waals surface area (Å²) in [5, 5.41) is 0. The topological polar surface area (TPSA) is 89.0 Å². The van der Waals surface area contributed by atoms with Gasteiger partial charge in [-0.1, -0.05) is 13.8 Å². The largest absolute Gasteiger partial charge is 0.378 e. The van der Waals surface area contributed by atoms with Crippen molar-refractivity contribution < 1.29 is 18.9 Å². The molecule has 0 aromatic rings. The van der Waals surface area contributed by atoms with Gasteiger partial charge in [-0.25, -0.2) is 0 Å². The molecule has 140 valence electrons. The highest BCUT2D eigenvalue weighted by molar-refractivity contribution is 4.68. The molecule has 0 radical (unpaired) electrons. The first kappa shape index (κ1) is 22.8. The summed E-state index contributed by atoms with van der Waals surface area (Å²) in [7, 11) is 0. The molecule has 0 heterocycles. The number of nitrogens with two attached hydrogens (primary N) is 2. The zero-order valence-corrected chi connectivity index (χ0v) is 15.8. The highest BCUT2D eigenvalue weighted by atomic mass is 16.5. The van der Waals surface area contributed by atoms with E-state index in [1.165, 1.54) is 0 Å². The maximum Gasteiger partial charge on any atom is 0.0781 e. The monoisotopic (exact) mass is 334 g/mol. The Morgan fingerprint density at radius 2 is 1.04 bits per heavy atom. The summed E-state index contributed by atoms with van der Waals surface area (Å²) in [5.74, 6) is 0. The summed E-state index contributed by atoms with van der Waals surface area (Å²) in [5.41, 5.74) is 11.3. The van der Waals surface area contributed by atoms with Crippen LogP contribution in [-0.2, 0) is 18.9 Å². The van der Waals surface area contributed by atoms with Gasteiger partial charge in [-0.15, -0.1) is 0 Å². The third kappa shape index (κ3) is 15.1. The van der Waals surface area contributed by atoms with E-state index >= 15 is 0 Å². The van der Waals surface area contributed by atoms with Crippen LogP contribution >= 0.6 is 0 Å². The van der Waals surface area contributed by atoms with E-state index in [0.29, 0.717) is 39.6 Å². The lowest BCUT2D eigenvalue weighted by Gasteiger charge is -2.26. The van der Waals surface area contributed by atoms with Crippen LogP contribution in [0.4, 0.5) is 0 Å². The Kier molecular flexibility index (Phi) is 12.0. The lowest BCUT2D eigenvalue weighted by Crippen LogP contribution is -2.31. The first-order valence-corrected chi connectivity index (χ1v) is 8.52. The van der Waals surface area contributed by atoms with Crippen LogP contribution in [0, 0.1) is 5.41 Å². The molecule has 23 heavy (non-hydrogen) atoms. The second kappa shape index (κ2) is 12.2. The van der Waals surface area contributed by atoms with E-state index in [0.717, 1.165) is 0 Å². The minimum absolute atomic E-state index is 0.0457. The average molecular weight is 335 g/mol. The molecule has 0 aromatic heterocycles. The van der Waals surface area contributed by atoms with Crippen LogP contribution in [0.15, 0.2) is 0 Å². The third-order valence-electron chi connectivity index (χ3n) is 2.98. The van der Waals surface area contributed by atoms with E-state index in [4.69, 9.17) is 30.4 Å². The van der Waals surface area contributed by atoms with E-state index in [-0.39, 0.29) is 29.7 Å². The summed E-state index contributed by atoms with van der Waals surface area (Å²) in [6, 6.07) is 0.0996. The van der Waals surface area contributed by atoms with Crippen molar-refractivity contribution in [3.8, 4) is 0 Å². The predicted molar refractivity (Wildman–Crippen MR) is 93.5 cm³/mol. The van der Waals surface area contributed by atoms with Crippen molar-refractivity contribution in [3.63, 3.8) is 0 Å². The molecule has 4 atom stereocenters. The van der Waals surface area contributed by atoms with Gasteiger partial charge in [0.1, 0.15) is 0 Å². The SMILES string of the molecule is CC(N)COC(C)COCC(C)(C)COCC(C)OCC(C)N. The van der Waals surface area contributed by atoms with Gasteiger partial charge in [0, 0.05) is 17.5 Å². The molecule has 0 amide bonds. The van der Waals surface area contributed by atoms with Crippen molar-refractivity contribution in [2.24, 2.45) is 16.9 Å². The van der Waals surface area contributed by atoms with Crippen molar-refractivity contribution in [1.29, 1.82) is 0 Å². The van der Waals surface area contributed by atoms with Gasteiger partial charge >= 0.3 is 0 Å². The second-order valence-corrected chi connectivity index (χ2v) is 7.44. The summed E-state index contributed by atoms with van der Waals surface area (Å²) < 4.78 is 22.6. The molecule has 0 fully saturated rings. The average Bonchev–Trinajstić information content (AvgIpc) is 2.42. The lowest BCUT2D eigenvalue weighted by atomic mass is 9.96. The molecule has 0 aromatic carbocycles. The molecule has 0 saturated carbocycles. The Morgan fingerprint density at radius 3 is 1.35 bits per heavy atom. The molecule has 4 N–H and O–H groups in total. The zero-order chi connectivity index (χ0) is 17.9. The Morgan fingerprint density at radius 1 is 0.696 bits per heavy atom. The van der Waals surface area contributed by atoms with Crippen molar-refractivity contribution in [3.05, 3.63) is 0 Å². The molecule has 0 spiro atoms. The molecule has 0 rings (SSSR count). The maximum absolute atomic E-state index is 5.74. The fourth-order valence-corrected chi connectivity index (χ4v) is 1.77. The van der Waals surface area contributed by atoms with E-state index < -0.39 is 0 Å². The maximum atomic E-state index is 5.74. The quantitative estimate of drug-likeness (QED) is 0.501. The van der Waals surface area contributed by atoms with E-state index in [9.17, 15) is 0 Å². The van der Waals surface area contributed by atoms with Crippen LogP contribution in [0.5, 0.6) is 0 Å². The third-order valence-corrected chi connectivity index (χ3v) is 2.98. The minimum Gasteiger partial charge on any atom is -0.378 e. The minimum atomic E-state index is -0.0538. The van der Waals surface area contributed by atoms with Gasteiger partial charge in [-0.05, 0) is 27.7 Å². The Hall–Kier alpha value is -0.240. The number of hydrogen-bond donors (Lipinski definition) is 2. The van der Waals surface area contributed by atoms with Gasteiger partial charge in [0.05, 0.1) is 51.8 Å². The first-order chi connectivity index (χ1) is 10.6. The van der Waals surface area contributed by atoms with Gasteiger partial charge in [0.25, 0.3) is 0 Å². The second-order valence-electron chi connectivity index (χ2n) is 7.44. The van der Waals surface area contributed by atoms with Crippen LogP contribution in [0.3, 0.4) is 0 Å². The summed E-state index contributed by atoms with van der Waals surface area (Å²) >= 11 is 0. The van der Waals surface area contributed by atoms with E-state index in [1.807, 2.05) is 27.7 Å². The standard InChI is InChI=1S/C17H38N2O4/c1-13(18)7-22-15(3)9-20-11-17(5,6)12-21-10-16(4)23-8-14(2)19/h13-16H,7-12,18-19H2,1-6H3. The highest BCUT2D eigenvalue weighted by Crippen LogP contribution is 2.16. The summed E-state index contributed by atoms with van der Waals surface area (Å²) in [6.07, 6.45) is 0.0915. The van der Waals surface area contributed by atoms with Gasteiger partial charge in [-0.3, -0.25) is 0 Å². The molecule has 0 saturated heterocycles. The molecule has 0 aliphatic carbocycles. The van der Waals surface area contributed by atoms with Crippen LogP contribution in [0.25, 0.3) is 0 Å². The fraction of sp³-hybridized carbons (Fsp3) is 1.00. The van der Waals surface area contributed by atoms with Crippen LogP contribution in [0.2, 0.25) is 0 Å². The smallest absolute Gasteiger partial charge is 0.0781 e. The number of hydrogen-bond acceptors (Lipinski definition) is 6. The Bertz CT molecular complexity index is 260. The highest BCUT2D eigenvalue weighted by Gasteiger charge is 2.20. The molecule has 6 heteroatoms. The van der Waals surface area contributed by atoms with E-state index in [2.05, 4.69) is 13.8 Å². The lowest BCUT2D eigenvalue weighted by molar-refractivity contribution is -0.0643. The molecule has 0 aliphatic rings. The van der Waals surface area contributed by atoms with Gasteiger partial charge in [-0.2, -0.15) is 0 Å². The molecular formula is C17H38N2O4. The zero-order valence-electron chi connectivity index (χ0n) is 15.8. The first-order valence-electron chi connectivity index (χ1n) is 8.52.